The average Bonchev–Trinajstić information content (AvgIpc) is 2.51. The first kappa shape index (κ1) is 17.3. The normalized spacial score (nSPS) is 16.6. The zero-order chi connectivity index (χ0) is 16.8. The maximum atomic E-state index is 12.2. The molecule has 1 aliphatic carbocycles. The van der Waals surface area contributed by atoms with Gasteiger partial charge in [-0.15, -0.1) is 0 Å². The molecule has 0 spiro atoms. The number of anilines is 2. The fourth-order valence-electron chi connectivity index (χ4n) is 3.03. The van der Waals surface area contributed by atoms with Gasteiger partial charge in [-0.05, 0) is 50.3 Å². The number of nitrogen functional groups attached to an aromatic ring is 1. The third-order valence-electron chi connectivity index (χ3n) is 4.49. The van der Waals surface area contributed by atoms with Crippen LogP contribution in [-0.4, -0.2) is 17.9 Å². The Morgan fingerprint density at radius 3 is 2.65 bits per heavy atom. The minimum Gasteiger partial charge on any atom is -0.399 e. The summed E-state index contributed by atoms with van der Waals surface area (Å²) in [5.74, 6) is 0.203. The smallest absolute Gasteiger partial charge is 0.246 e. The summed E-state index contributed by atoms with van der Waals surface area (Å²) in [7, 11) is 0. The zero-order valence-corrected chi connectivity index (χ0v) is 14.0. The molecule has 2 rings (SSSR count). The van der Waals surface area contributed by atoms with Gasteiger partial charge in [0.2, 0.25) is 11.8 Å². The third kappa shape index (κ3) is 5.27. The Morgan fingerprint density at radius 1 is 1.26 bits per heavy atom. The van der Waals surface area contributed by atoms with Crippen molar-refractivity contribution >= 4 is 23.2 Å². The van der Waals surface area contributed by atoms with Crippen LogP contribution in [0.2, 0.25) is 0 Å². The molecule has 23 heavy (non-hydrogen) atoms. The molecule has 5 heteroatoms. The molecular weight excluding hydrogens is 290 g/mol. The second kappa shape index (κ2) is 7.99. The Hall–Kier alpha value is -2.04. The summed E-state index contributed by atoms with van der Waals surface area (Å²) in [6, 6.07) is 4.81. The molecule has 5 nitrogen and oxygen atoms in total. The van der Waals surface area contributed by atoms with Gasteiger partial charge in [0.15, 0.2) is 0 Å². The molecule has 1 aromatic rings. The fraction of sp³-hybridized carbons (Fsp3) is 0.556. The minimum atomic E-state index is -0.563. The third-order valence-corrected chi connectivity index (χ3v) is 4.49. The van der Waals surface area contributed by atoms with E-state index in [-0.39, 0.29) is 11.8 Å². The van der Waals surface area contributed by atoms with Crippen LogP contribution >= 0.6 is 0 Å². The van der Waals surface area contributed by atoms with Crippen LogP contribution in [0.1, 0.15) is 51.0 Å². The van der Waals surface area contributed by atoms with Gasteiger partial charge in [-0.2, -0.15) is 0 Å². The lowest BCUT2D eigenvalue weighted by Crippen LogP contribution is -2.42. The van der Waals surface area contributed by atoms with Gasteiger partial charge in [-0.25, -0.2) is 0 Å². The summed E-state index contributed by atoms with van der Waals surface area (Å²) in [5, 5.41) is 5.63. The lowest BCUT2D eigenvalue weighted by atomic mass is 9.87. The summed E-state index contributed by atoms with van der Waals surface area (Å²) in [4.78, 5) is 24.3. The SMILES string of the molecule is Cc1ccc(N)cc1NC(=O)C(C)NC(=O)CC1CCCCC1. The monoisotopic (exact) mass is 317 g/mol. The highest BCUT2D eigenvalue weighted by molar-refractivity contribution is 5.97. The van der Waals surface area contributed by atoms with Crippen LogP contribution in [0.25, 0.3) is 0 Å². The molecule has 0 aromatic heterocycles. The highest BCUT2D eigenvalue weighted by Gasteiger charge is 2.20. The van der Waals surface area contributed by atoms with Crippen LogP contribution in [-0.2, 0) is 9.59 Å². The van der Waals surface area contributed by atoms with Gasteiger partial charge in [0.05, 0.1) is 0 Å². The number of rotatable bonds is 5. The van der Waals surface area contributed by atoms with Crippen LogP contribution in [0.15, 0.2) is 18.2 Å². The van der Waals surface area contributed by atoms with E-state index in [1.807, 2.05) is 13.0 Å². The summed E-state index contributed by atoms with van der Waals surface area (Å²) >= 11 is 0. The average molecular weight is 317 g/mol. The predicted octanol–water partition coefficient (Wildman–Crippen LogP) is 2.99. The largest absolute Gasteiger partial charge is 0.399 e. The summed E-state index contributed by atoms with van der Waals surface area (Å²) in [6.45, 7) is 3.61. The van der Waals surface area contributed by atoms with Gasteiger partial charge >= 0.3 is 0 Å². The lowest BCUT2D eigenvalue weighted by Gasteiger charge is -2.22. The molecule has 0 saturated heterocycles. The predicted molar refractivity (Wildman–Crippen MR) is 93.0 cm³/mol. The van der Waals surface area contributed by atoms with Gasteiger partial charge in [0, 0.05) is 17.8 Å². The number of amides is 2. The van der Waals surface area contributed by atoms with Crippen molar-refractivity contribution in [3.8, 4) is 0 Å². The standard InChI is InChI=1S/C18H27N3O2/c1-12-8-9-15(19)11-16(12)21-18(23)13(2)20-17(22)10-14-6-4-3-5-7-14/h8-9,11,13-14H,3-7,10,19H2,1-2H3,(H,20,22)(H,21,23). The quantitative estimate of drug-likeness (QED) is 0.730. The van der Waals surface area contributed by atoms with Crippen molar-refractivity contribution < 1.29 is 9.59 Å². The van der Waals surface area contributed by atoms with Gasteiger partial charge in [0.1, 0.15) is 6.04 Å². The van der Waals surface area contributed by atoms with E-state index in [1.165, 1.54) is 19.3 Å². The molecule has 126 valence electrons. The summed E-state index contributed by atoms with van der Waals surface area (Å²) < 4.78 is 0. The Morgan fingerprint density at radius 2 is 1.96 bits per heavy atom. The molecule has 0 heterocycles. The van der Waals surface area contributed by atoms with Crippen LogP contribution in [0.4, 0.5) is 11.4 Å². The molecule has 1 atom stereocenters. The van der Waals surface area contributed by atoms with Gasteiger partial charge < -0.3 is 16.4 Å². The fourth-order valence-corrected chi connectivity index (χ4v) is 3.03. The molecule has 2 amide bonds. The van der Waals surface area contributed by atoms with E-state index in [0.717, 1.165) is 18.4 Å². The van der Waals surface area contributed by atoms with Crippen molar-refractivity contribution in [3.63, 3.8) is 0 Å². The number of benzene rings is 1. The van der Waals surface area contributed by atoms with Crippen LogP contribution in [0.3, 0.4) is 0 Å². The minimum absolute atomic E-state index is 0.0381. The highest BCUT2D eigenvalue weighted by atomic mass is 16.2. The zero-order valence-electron chi connectivity index (χ0n) is 14.0. The van der Waals surface area contributed by atoms with E-state index in [0.29, 0.717) is 23.7 Å². The Kier molecular flexibility index (Phi) is 6.02. The number of hydrogen-bond acceptors (Lipinski definition) is 3. The lowest BCUT2D eigenvalue weighted by molar-refractivity contribution is -0.126. The van der Waals surface area contributed by atoms with Crippen LogP contribution in [0.5, 0.6) is 0 Å². The molecule has 1 aliphatic rings. The van der Waals surface area contributed by atoms with Gasteiger partial charge in [-0.1, -0.05) is 25.3 Å². The number of aryl methyl sites for hydroxylation is 1. The molecule has 0 aliphatic heterocycles. The van der Waals surface area contributed by atoms with Crippen molar-refractivity contribution in [1.29, 1.82) is 0 Å². The first-order valence-electron chi connectivity index (χ1n) is 8.42. The highest BCUT2D eigenvalue weighted by Crippen LogP contribution is 2.26. The number of hydrogen-bond donors (Lipinski definition) is 3. The maximum Gasteiger partial charge on any atom is 0.246 e. The van der Waals surface area contributed by atoms with E-state index < -0.39 is 6.04 Å². The summed E-state index contributed by atoms with van der Waals surface area (Å²) in [6.07, 6.45) is 6.46. The Labute approximate surface area is 138 Å². The van der Waals surface area contributed by atoms with E-state index >= 15 is 0 Å². The van der Waals surface area contributed by atoms with Crippen LogP contribution in [0, 0.1) is 12.8 Å². The molecule has 1 fully saturated rings. The first-order chi connectivity index (χ1) is 11.0. The number of nitrogens with one attached hydrogen (secondary N) is 2. The molecule has 4 N–H and O–H groups in total. The molecule has 1 aromatic carbocycles. The van der Waals surface area contributed by atoms with Gasteiger partial charge in [-0.3, -0.25) is 9.59 Å². The number of carbonyl (C=O) groups is 2. The molecule has 0 radical (unpaired) electrons. The van der Waals surface area contributed by atoms with Crippen molar-refractivity contribution in [1.82, 2.24) is 5.32 Å². The van der Waals surface area contributed by atoms with Crippen molar-refractivity contribution in [3.05, 3.63) is 23.8 Å². The topological polar surface area (TPSA) is 84.2 Å². The van der Waals surface area contributed by atoms with E-state index in [4.69, 9.17) is 5.73 Å². The van der Waals surface area contributed by atoms with Crippen molar-refractivity contribution in [2.24, 2.45) is 5.92 Å². The number of carbonyl (C=O) groups excluding carboxylic acids is 2. The molecule has 1 unspecified atom stereocenters. The van der Waals surface area contributed by atoms with E-state index in [2.05, 4.69) is 10.6 Å². The Bertz CT molecular complexity index is 565. The number of nitrogens with two attached hydrogens (primary N) is 1. The van der Waals surface area contributed by atoms with Gasteiger partial charge in [0.25, 0.3) is 0 Å². The van der Waals surface area contributed by atoms with Crippen molar-refractivity contribution in [2.45, 2.75) is 58.4 Å². The second-order valence-electron chi connectivity index (χ2n) is 6.56. The first-order valence-corrected chi connectivity index (χ1v) is 8.42. The molecule has 0 bridgehead atoms. The molecule has 1 saturated carbocycles. The molecular formula is C18H27N3O2. The van der Waals surface area contributed by atoms with Crippen LogP contribution < -0.4 is 16.4 Å². The Balaban J connectivity index is 1.84. The van der Waals surface area contributed by atoms with E-state index in [9.17, 15) is 9.59 Å². The second-order valence-corrected chi connectivity index (χ2v) is 6.56. The van der Waals surface area contributed by atoms with Crippen molar-refractivity contribution in [2.75, 3.05) is 11.1 Å². The summed E-state index contributed by atoms with van der Waals surface area (Å²) in [5.41, 5.74) is 7.96. The van der Waals surface area contributed by atoms with E-state index in [1.54, 1.807) is 19.1 Å². The maximum absolute atomic E-state index is 12.2.